The van der Waals surface area contributed by atoms with E-state index in [-0.39, 0.29) is 25.5 Å². The van der Waals surface area contributed by atoms with Crippen LogP contribution >= 0.6 is 0 Å². The van der Waals surface area contributed by atoms with Crippen molar-refractivity contribution in [1.82, 2.24) is 4.98 Å². The molecule has 0 amide bonds. The van der Waals surface area contributed by atoms with Crippen molar-refractivity contribution in [3.63, 3.8) is 0 Å². The molecule has 1 nitrogen and oxygen atoms in total. The third-order valence-corrected chi connectivity index (χ3v) is 7.01. The Labute approximate surface area is 226 Å². The Bertz CT molecular complexity index is 1720. The average Bonchev–Trinajstić information content (AvgIpc) is 2.87. The molecule has 0 spiro atoms. The molecule has 0 aliphatic carbocycles. The van der Waals surface area contributed by atoms with Crippen LogP contribution in [0.3, 0.4) is 0 Å². The standard InChI is InChI=1S/C34H28N.Ir/c1-22-19-25(23-9-12-27(13-10-23)34(2,3)4)21-26(20-22)33-32-16-15-29-28-8-6-5-7-24(28)11-14-30(29)31(32)17-18-35-33;/h5-19,21H,1-4H3;/q-1;. The predicted molar refractivity (Wildman–Crippen MR) is 150 cm³/mol. The molecule has 179 valence electrons. The molecule has 0 saturated carbocycles. The largest absolute Gasteiger partial charge is 0.304 e. The van der Waals surface area contributed by atoms with Crippen LogP contribution in [-0.4, -0.2) is 4.98 Å². The van der Waals surface area contributed by atoms with E-state index < -0.39 is 0 Å². The Balaban J connectivity index is 0.00000267. The van der Waals surface area contributed by atoms with Crippen molar-refractivity contribution in [2.75, 3.05) is 0 Å². The van der Waals surface area contributed by atoms with Crippen molar-refractivity contribution >= 4 is 32.3 Å². The third kappa shape index (κ3) is 4.26. The zero-order valence-corrected chi connectivity index (χ0v) is 23.4. The van der Waals surface area contributed by atoms with Crippen molar-refractivity contribution in [1.29, 1.82) is 0 Å². The number of nitrogens with zero attached hydrogens (tertiary/aromatic N) is 1. The first-order valence-corrected chi connectivity index (χ1v) is 12.2. The molecule has 0 unspecified atom stereocenters. The first kappa shape index (κ1) is 24.4. The fourth-order valence-corrected chi connectivity index (χ4v) is 5.14. The van der Waals surface area contributed by atoms with Gasteiger partial charge in [0, 0.05) is 26.3 Å². The van der Waals surface area contributed by atoms with E-state index >= 15 is 0 Å². The van der Waals surface area contributed by atoms with Gasteiger partial charge in [-0.15, -0.1) is 34.9 Å². The summed E-state index contributed by atoms with van der Waals surface area (Å²) in [6.45, 7) is 8.87. The molecule has 2 heteroatoms. The molecule has 0 N–H and O–H groups in total. The number of hydrogen-bond acceptors (Lipinski definition) is 1. The van der Waals surface area contributed by atoms with Gasteiger partial charge in [0.2, 0.25) is 0 Å². The number of pyridine rings is 1. The monoisotopic (exact) mass is 643 g/mol. The molecule has 0 aliphatic rings. The van der Waals surface area contributed by atoms with Crippen LogP contribution in [0.25, 0.3) is 54.7 Å². The molecule has 0 aliphatic heterocycles. The number of rotatable bonds is 2. The second-order valence-corrected chi connectivity index (χ2v) is 10.5. The summed E-state index contributed by atoms with van der Waals surface area (Å²) in [6.07, 6.45) is 1.93. The quantitative estimate of drug-likeness (QED) is 0.136. The van der Waals surface area contributed by atoms with Gasteiger partial charge in [0.25, 0.3) is 0 Å². The van der Waals surface area contributed by atoms with E-state index in [0.717, 1.165) is 22.2 Å². The number of hydrogen-bond donors (Lipinski definition) is 0. The van der Waals surface area contributed by atoms with Crippen LogP contribution in [0.1, 0.15) is 31.9 Å². The Kier molecular flexibility index (Phi) is 6.28. The molecular formula is C34H28IrN-. The fourth-order valence-electron chi connectivity index (χ4n) is 5.14. The van der Waals surface area contributed by atoms with Gasteiger partial charge in [0.15, 0.2) is 0 Å². The van der Waals surface area contributed by atoms with Gasteiger partial charge >= 0.3 is 0 Å². The van der Waals surface area contributed by atoms with Crippen molar-refractivity contribution in [3.8, 4) is 22.4 Å². The summed E-state index contributed by atoms with van der Waals surface area (Å²) in [5, 5.41) is 7.47. The van der Waals surface area contributed by atoms with Gasteiger partial charge in [0.05, 0.1) is 0 Å². The van der Waals surface area contributed by atoms with Gasteiger partial charge in [-0.3, -0.25) is 0 Å². The Hall–Kier alpha value is -3.32. The molecule has 1 radical (unpaired) electrons. The number of benzene rings is 5. The molecule has 36 heavy (non-hydrogen) atoms. The van der Waals surface area contributed by atoms with E-state index in [9.17, 15) is 0 Å². The van der Waals surface area contributed by atoms with Gasteiger partial charge in [-0.2, -0.15) is 0 Å². The van der Waals surface area contributed by atoms with Crippen LogP contribution in [0.5, 0.6) is 0 Å². The normalized spacial score (nSPS) is 11.7. The van der Waals surface area contributed by atoms with Crippen LogP contribution in [0.2, 0.25) is 0 Å². The van der Waals surface area contributed by atoms with Crippen LogP contribution in [0, 0.1) is 13.0 Å². The van der Waals surface area contributed by atoms with Crippen molar-refractivity contribution in [2.45, 2.75) is 33.1 Å². The Morgan fingerprint density at radius 3 is 2.08 bits per heavy atom. The maximum Gasteiger partial charge on any atom is 0.0167 e. The molecule has 0 atom stereocenters. The summed E-state index contributed by atoms with van der Waals surface area (Å²) in [4.78, 5) is 4.84. The topological polar surface area (TPSA) is 12.9 Å². The van der Waals surface area contributed by atoms with Crippen LogP contribution in [0.4, 0.5) is 0 Å². The SMILES string of the molecule is Cc1[c-]c(-c2nccc3c2ccc2c4ccccc4ccc32)cc(-c2ccc(C(C)(C)C)cc2)c1.[Ir]. The second-order valence-electron chi connectivity index (χ2n) is 10.5. The zero-order valence-electron chi connectivity index (χ0n) is 21.0. The van der Waals surface area contributed by atoms with E-state index in [1.54, 1.807) is 0 Å². The third-order valence-electron chi connectivity index (χ3n) is 7.01. The Morgan fingerprint density at radius 1 is 0.639 bits per heavy atom. The molecule has 1 heterocycles. The summed E-state index contributed by atoms with van der Waals surface area (Å²) in [5.74, 6) is 0. The minimum atomic E-state index is 0. The van der Waals surface area contributed by atoms with Crippen LogP contribution in [0.15, 0.2) is 97.2 Å². The summed E-state index contributed by atoms with van der Waals surface area (Å²) >= 11 is 0. The van der Waals surface area contributed by atoms with Crippen molar-refractivity contribution in [3.05, 3.63) is 114 Å². The Morgan fingerprint density at radius 2 is 1.31 bits per heavy atom. The minimum absolute atomic E-state index is 0. The first-order valence-electron chi connectivity index (χ1n) is 12.2. The number of aromatic nitrogens is 1. The maximum absolute atomic E-state index is 4.84. The van der Waals surface area contributed by atoms with E-state index in [4.69, 9.17) is 4.98 Å². The molecule has 6 rings (SSSR count). The van der Waals surface area contributed by atoms with Gasteiger partial charge in [-0.05, 0) is 60.6 Å². The number of fused-ring (bicyclic) bond motifs is 5. The van der Waals surface area contributed by atoms with Crippen LogP contribution < -0.4 is 0 Å². The maximum atomic E-state index is 4.84. The van der Waals surface area contributed by atoms with Gasteiger partial charge < -0.3 is 4.98 Å². The summed E-state index contributed by atoms with van der Waals surface area (Å²) < 4.78 is 0. The van der Waals surface area contributed by atoms with E-state index in [1.807, 2.05) is 6.20 Å². The molecule has 1 aromatic heterocycles. The fraction of sp³-hybridized carbons (Fsp3) is 0.147. The van der Waals surface area contributed by atoms with Gasteiger partial charge in [0.1, 0.15) is 0 Å². The second kappa shape index (κ2) is 9.28. The van der Waals surface area contributed by atoms with E-state index in [2.05, 4.69) is 125 Å². The average molecular weight is 643 g/mol. The molecule has 6 aromatic rings. The molecule has 5 aromatic carbocycles. The van der Waals surface area contributed by atoms with Crippen molar-refractivity contribution < 1.29 is 20.1 Å². The van der Waals surface area contributed by atoms with Gasteiger partial charge in [-0.25, -0.2) is 0 Å². The predicted octanol–water partition coefficient (Wildman–Crippen LogP) is 9.28. The van der Waals surface area contributed by atoms with E-state index in [0.29, 0.717) is 0 Å². The van der Waals surface area contributed by atoms with Gasteiger partial charge in [-0.1, -0.05) is 100 Å². The minimum Gasteiger partial charge on any atom is -0.304 e. The van der Waals surface area contributed by atoms with Crippen LogP contribution in [-0.2, 0) is 25.5 Å². The molecule has 0 bridgehead atoms. The molecule has 0 saturated heterocycles. The first-order chi connectivity index (χ1) is 16.9. The smallest absolute Gasteiger partial charge is 0.0167 e. The zero-order chi connectivity index (χ0) is 24.2. The molecule has 0 fully saturated rings. The summed E-state index contributed by atoms with van der Waals surface area (Å²) in [7, 11) is 0. The molecular weight excluding hydrogens is 615 g/mol. The summed E-state index contributed by atoms with van der Waals surface area (Å²) in [6, 6.07) is 36.6. The summed E-state index contributed by atoms with van der Waals surface area (Å²) in [5.41, 5.74) is 7.03. The van der Waals surface area contributed by atoms with E-state index in [1.165, 1.54) is 43.6 Å². The number of aryl methyl sites for hydroxylation is 1. The van der Waals surface area contributed by atoms with Crippen molar-refractivity contribution in [2.24, 2.45) is 0 Å².